The number of benzene rings is 1. The van der Waals surface area contributed by atoms with Gasteiger partial charge < -0.3 is 19.5 Å². The Hall–Kier alpha value is -3.36. The molecule has 1 aromatic rings. The van der Waals surface area contributed by atoms with Crippen molar-refractivity contribution in [3.8, 4) is 11.5 Å². The van der Waals surface area contributed by atoms with Crippen molar-refractivity contribution in [2.45, 2.75) is 6.42 Å². The van der Waals surface area contributed by atoms with Gasteiger partial charge in [0.1, 0.15) is 18.0 Å². The average Bonchev–Trinajstić information content (AvgIpc) is 3.42. The molecule has 0 aromatic heterocycles. The van der Waals surface area contributed by atoms with E-state index in [-0.39, 0.29) is 35.5 Å². The Balaban J connectivity index is 1.30. The fourth-order valence-corrected chi connectivity index (χ4v) is 4.53. The first-order valence-corrected chi connectivity index (χ1v) is 9.64. The maximum atomic E-state index is 12.6. The summed E-state index contributed by atoms with van der Waals surface area (Å²) in [7, 11) is 2.96. The molecule has 1 heterocycles. The smallest absolute Gasteiger partial charge is 0.326 e. The summed E-state index contributed by atoms with van der Waals surface area (Å²) in [5.74, 6) is -1.69. The van der Waals surface area contributed by atoms with Gasteiger partial charge in [0, 0.05) is 6.07 Å². The highest BCUT2D eigenvalue weighted by molar-refractivity contribution is 6.08. The summed E-state index contributed by atoms with van der Waals surface area (Å²) in [6.07, 6.45) is 4.79. The topological polar surface area (TPSA) is 111 Å². The Kier molecular flexibility index (Phi) is 5.19. The van der Waals surface area contributed by atoms with E-state index in [2.05, 4.69) is 5.32 Å². The van der Waals surface area contributed by atoms with Gasteiger partial charge >= 0.3 is 5.97 Å². The SMILES string of the molecule is COc1ccc(NC(=O)COC(=O)CN2C(=O)[C@@H]3[C@@H](C2=O)[C@H]2C=C[C@H]3C2)c(OC)c1. The van der Waals surface area contributed by atoms with Crippen LogP contribution in [-0.2, 0) is 23.9 Å². The molecule has 1 aliphatic heterocycles. The molecule has 9 nitrogen and oxygen atoms in total. The summed E-state index contributed by atoms with van der Waals surface area (Å²) in [5, 5.41) is 2.58. The Bertz CT molecular complexity index is 911. The lowest BCUT2D eigenvalue weighted by atomic mass is 9.85. The van der Waals surface area contributed by atoms with Crippen molar-refractivity contribution in [2.75, 3.05) is 32.7 Å². The van der Waals surface area contributed by atoms with Crippen LogP contribution in [0.2, 0.25) is 0 Å². The molecule has 30 heavy (non-hydrogen) atoms. The molecule has 0 spiro atoms. The number of nitrogens with one attached hydrogen (secondary N) is 1. The van der Waals surface area contributed by atoms with E-state index in [1.807, 2.05) is 12.2 Å². The molecule has 158 valence electrons. The quantitative estimate of drug-likeness (QED) is 0.402. The standard InChI is InChI=1S/C21H22N2O7/c1-28-13-5-6-14(15(8-13)29-2)22-16(24)10-30-17(25)9-23-20(26)18-11-3-4-12(7-11)19(18)21(23)27/h3-6,8,11-12,18-19H,7,9-10H2,1-2H3,(H,22,24)/t11-,12-,18-,19-/m0/s1. The van der Waals surface area contributed by atoms with Gasteiger partial charge in [-0.1, -0.05) is 12.2 Å². The van der Waals surface area contributed by atoms with Gasteiger partial charge in [-0.15, -0.1) is 0 Å². The lowest BCUT2D eigenvalue weighted by molar-refractivity contribution is -0.154. The average molecular weight is 414 g/mol. The molecular weight excluding hydrogens is 392 g/mol. The number of ether oxygens (including phenoxy) is 3. The molecule has 1 N–H and O–H groups in total. The molecule has 1 saturated heterocycles. The van der Waals surface area contributed by atoms with Crippen LogP contribution >= 0.6 is 0 Å². The van der Waals surface area contributed by atoms with Gasteiger partial charge in [-0.25, -0.2) is 0 Å². The largest absolute Gasteiger partial charge is 0.497 e. The van der Waals surface area contributed by atoms with Gasteiger partial charge in [0.05, 0.1) is 31.7 Å². The number of fused-ring (bicyclic) bond motifs is 5. The minimum absolute atomic E-state index is 0.0720. The number of hydrogen-bond donors (Lipinski definition) is 1. The normalized spacial score (nSPS) is 26.0. The number of methoxy groups -OCH3 is 2. The molecule has 3 aliphatic rings. The maximum absolute atomic E-state index is 12.6. The highest BCUT2D eigenvalue weighted by atomic mass is 16.5. The van der Waals surface area contributed by atoms with Crippen LogP contribution in [0.15, 0.2) is 30.4 Å². The number of amides is 3. The van der Waals surface area contributed by atoms with Crippen LogP contribution < -0.4 is 14.8 Å². The molecule has 2 fully saturated rings. The number of likely N-dealkylation sites (tertiary alicyclic amines) is 1. The van der Waals surface area contributed by atoms with Crippen LogP contribution in [0, 0.1) is 23.7 Å². The zero-order valence-corrected chi connectivity index (χ0v) is 16.6. The summed E-state index contributed by atoms with van der Waals surface area (Å²) in [5.41, 5.74) is 0.389. The molecule has 0 radical (unpaired) electrons. The van der Waals surface area contributed by atoms with E-state index in [4.69, 9.17) is 14.2 Å². The van der Waals surface area contributed by atoms with Gasteiger partial charge in [-0.2, -0.15) is 0 Å². The fraction of sp³-hybridized carbons (Fsp3) is 0.429. The molecule has 3 amide bonds. The van der Waals surface area contributed by atoms with Gasteiger partial charge in [-0.3, -0.25) is 24.1 Å². The highest BCUT2D eigenvalue weighted by Gasteiger charge is 2.59. The van der Waals surface area contributed by atoms with Crippen LogP contribution in [-0.4, -0.2) is 56.0 Å². The van der Waals surface area contributed by atoms with Crippen molar-refractivity contribution in [3.63, 3.8) is 0 Å². The number of allylic oxidation sites excluding steroid dienone is 2. The van der Waals surface area contributed by atoms with Crippen LogP contribution in [0.4, 0.5) is 5.69 Å². The molecule has 2 bridgehead atoms. The summed E-state index contributed by atoms with van der Waals surface area (Å²) in [6, 6.07) is 4.85. The summed E-state index contributed by atoms with van der Waals surface area (Å²) in [6.45, 7) is -1.03. The maximum Gasteiger partial charge on any atom is 0.326 e. The third kappa shape index (κ3) is 3.40. The van der Waals surface area contributed by atoms with E-state index in [0.29, 0.717) is 17.2 Å². The van der Waals surface area contributed by atoms with Gasteiger partial charge in [0.25, 0.3) is 5.91 Å². The molecular formula is C21H22N2O7. The van der Waals surface area contributed by atoms with E-state index in [0.717, 1.165) is 11.3 Å². The van der Waals surface area contributed by atoms with Crippen LogP contribution in [0.5, 0.6) is 11.5 Å². The fourth-order valence-electron chi connectivity index (χ4n) is 4.53. The number of carbonyl (C=O) groups excluding carboxylic acids is 4. The lowest BCUT2D eigenvalue weighted by Gasteiger charge is -2.16. The Labute approximate surface area is 172 Å². The third-order valence-corrected chi connectivity index (χ3v) is 5.90. The number of hydrogen-bond acceptors (Lipinski definition) is 7. The second-order valence-corrected chi connectivity index (χ2v) is 7.54. The van der Waals surface area contributed by atoms with E-state index < -0.39 is 25.0 Å². The number of carbonyl (C=O) groups is 4. The first-order chi connectivity index (χ1) is 14.4. The number of nitrogens with zero attached hydrogens (tertiary/aromatic N) is 1. The molecule has 9 heteroatoms. The van der Waals surface area contributed by atoms with Crippen molar-refractivity contribution < 1.29 is 33.4 Å². The monoisotopic (exact) mass is 414 g/mol. The van der Waals surface area contributed by atoms with Crippen molar-refractivity contribution in [2.24, 2.45) is 23.7 Å². The second-order valence-electron chi connectivity index (χ2n) is 7.54. The van der Waals surface area contributed by atoms with E-state index in [9.17, 15) is 19.2 Å². The van der Waals surface area contributed by atoms with Gasteiger partial charge in [0.2, 0.25) is 11.8 Å². The minimum atomic E-state index is -0.811. The predicted octanol–water partition coefficient (Wildman–Crippen LogP) is 0.993. The Morgan fingerprint density at radius 3 is 2.33 bits per heavy atom. The Morgan fingerprint density at radius 2 is 1.73 bits per heavy atom. The zero-order chi connectivity index (χ0) is 21.4. The van der Waals surface area contributed by atoms with Crippen molar-refractivity contribution in [3.05, 3.63) is 30.4 Å². The first kappa shape index (κ1) is 19.9. The van der Waals surface area contributed by atoms with Crippen LogP contribution in [0.1, 0.15) is 6.42 Å². The molecule has 1 saturated carbocycles. The van der Waals surface area contributed by atoms with Crippen LogP contribution in [0.3, 0.4) is 0 Å². The van der Waals surface area contributed by atoms with E-state index in [1.165, 1.54) is 14.2 Å². The molecule has 2 aliphatic carbocycles. The molecule has 4 atom stereocenters. The number of imide groups is 1. The van der Waals surface area contributed by atoms with E-state index >= 15 is 0 Å². The van der Waals surface area contributed by atoms with Crippen molar-refractivity contribution in [1.29, 1.82) is 0 Å². The second kappa shape index (κ2) is 7.81. The Morgan fingerprint density at radius 1 is 1.07 bits per heavy atom. The highest BCUT2D eigenvalue weighted by Crippen LogP contribution is 2.52. The van der Waals surface area contributed by atoms with Crippen LogP contribution in [0.25, 0.3) is 0 Å². The summed E-state index contributed by atoms with van der Waals surface area (Å²) >= 11 is 0. The lowest BCUT2D eigenvalue weighted by Crippen LogP contribution is -2.38. The number of esters is 1. The first-order valence-electron chi connectivity index (χ1n) is 9.64. The molecule has 1 aromatic carbocycles. The zero-order valence-electron chi connectivity index (χ0n) is 16.6. The number of anilines is 1. The molecule has 0 unspecified atom stereocenters. The van der Waals surface area contributed by atoms with Gasteiger partial charge in [-0.05, 0) is 30.4 Å². The minimum Gasteiger partial charge on any atom is -0.497 e. The number of rotatable bonds is 7. The predicted molar refractivity (Wildman–Crippen MR) is 104 cm³/mol. The van der Waals surface area contributed by atoms with E-state index in [1.54, 1.807) is 18.2 Å². The van der Waals surface area contributed by atoms with Crippen molar-refractivity contribution >= 4 is 29.4 Å². The summed E-state index contributed by atoms with van der Waals surface area (Å²) in [4.78, 5) is 50.4. The van der Waals surface area contributed by atoms with Gasteiger partial charge in [0.15, 0.2) is 6.61 Å². The molecule has 4 rings (SSSR count). The third-order valence-electron chi connectivity index (χ3n) is 5.90. The summed E-state index contributed by atoms with van der Waals surface area (Å²) < 4.78 is 15.3. The van der Waals surface area contributed by atoms with Crippen molar-refractivity contribution in [1.82, 2.24) is 4.90 Å².